The zero-order valence-electron chi connectivity index (χ0n) is 10.6. The average molecular weight is 300 g/mol. The van der Waals surface area contributed by atoms with Gasteiger partial charge < -0.3 is 5.32 Å². The van der Waals surface area contributed by atoms with Gasteiger partial charge in [-0.2, -0.15) is 11.3 Å². The van der Waals surface area contributed by atoms with E-state index in [-0.39, 0.29) is 5.91 Å². The second-order valence-corrected chi connectivity index (χ2v) is 5.98. The predicted octanol–water partition coefficient (Wildman–Crippen LogP) is 3.80. The molecule has 0 aliphatic rings. The van der Waals surface area contributed by atoms with E-state index >= 15 is 0 Å². The standard InChI is InChI=1S/C15H12N2OS2/c18-15(14-2-1-4-20-14)17-8-11-6-13(9-16-7-11)12-3-5-19-10-12/h1-7,9-10H,8H2,(H,17,18). The molecule has 3 aromatic heterocycles. The van der Waals surface area contributed by atoms with Crippen LogP contribution < -0.4 is 5.32 Å². The van der Waals surface area contributed by atoms with E-state index in [1.54, 1.807) is 17.5 Å². The summed E-state index contributed by atoms with van der Waals surface area (Å²) in [5, 5.41) is 8.93. The molecule has 3 aromatic rings. The number of hydrogen-bond acceptors (Lipinski definition) is 4. The second-order valence-electron chi connectivity index (χ2n) is 4.25. The van der Waals surface area contributed by atoms with Crippen molar-refractivity contribution in [2.45, 2.75) is 6.54 Å². The molecule has 0 saturated carbocycles. The van der Waals surface area contributed by atoms with Gasteiger partial charge in [-0.05, 0) is 45.5 Å². The Kier molecular flexibility index (Phi) is 3.90. The summed E-state index contributed by atoms with van der Waals surface area (Å²) in [6.45, 7) is 0.488. The number of carbonyl (C=O) groups is 1. The molecule has 1 amide bonds. The first kappa shape index (κ1) is 13.0. The molecule has 3 rings (SSSR count). The summed E-state index contributed by atoms with van der Waals surface area (Å²) in [5.74, 6) is -0.0408. The molecule has 0 bridgehead atoms. The number of nitrogens with zero attached hydrogens (tertiary/aromatic N) is 1. The average Bonchev–Trinajstić information content (AvgIpc) is 3.17. The second kappa shape index (κ2) is 5.98. The molecule has 1 N–H and O–H groups in total. The largest absolute Gasteiger partial charge is 0.347 e. The fourth-order valence-electron chi connectivity index (χ4n) is 1.85. The zero-order valence-corrected chi connectivity index (χ0v) is 12.2. The van der Waals surface area contributed by atoms with Gasteiger partial charge in [0.15, 0.2) is 0 Å². The molecule has 0 spiro atoms. The van der Waals surface area contributed by atoms with E-state index in [1.807, 2.05) is 29.1 Å². The Morgan fingerprint density at radius 3 is 2.90 bits per heavy atom. The number of nitrogens with one attached hydrogen (secondary N) is 1. The highest BCUT2D eigenvalue weighted by molar-refractivity contribution is 7.12. The minimum absolute atomic E-state index is 0.0408. The molecule has 0 atom stereocenters. The van der Waals surface area contributed by atoms with Gasteiger partial charge in [0.05, 0.1) is 4.88 Å². The molecule has 3 nitrogen and oxygen atoms in total. The van der Waals surface area contributed by atoms with Crippen molar-refractivity contribution >= 4 is 28.6 Å². The van der Waals surface area contributed by atoms with E-state index in [0.717, 1.165) is 21.6 Å². The van der Waals surface area contributed by atoms with Crippen LogP contribution in [0.4, 0.5) is 0 Å². The van der Waals surface area contributed by atoms with Crippen molar-refractivity contribution in [3.63, 3.8) is 0 Å². The highest BCUT2D eigenvalue weighted by Gasteiger charge is 2.06. The van der Waals surface area contributed by atoms with Crippen molar-refractivity contribution in [3.05, 3.63) is 63.2 Å². The zero-order chi connectivity index (χ0) is 13.8. The van der Waals surface area contributed by atoms with Gasteiger partial charge in [0.2, 0.25) is 0 Å². The number of amides is 1. The molecule has 0 aromatic carbocycles. The molecule has 100 valence electrons. The van der Waals surface area contributed by atoms with Crippen LogP contribution in [0.3, 0.4) is 0 Å². The van der Waals surface area contributed by atoms with E-state index in [1.165, 1.54) is 11.3 Å². The van der Waals surface area contributed by atoms with Crippen molar-refractivity contribution in [2.75, 3.05) is 0 Å². The van der Waals surface area contributed by atoms with Crippen LogP contribution in [0.1, 0.15) is 15.2 Å². The van der Waals surface area contributed by atoms with Crippen LogP contribution in [0, 0.1) is 0 Å². The van der Waals surface area contributed by atoms with E-state index in [9.17, 15) is 4.79 Å². The lowest BCUT2D eigenvalue weighted by molar-refractivity contribution is 0.0955. The first-order valence-corrected chi connectivity index (χ1v) is 7.93. The Labute approximate surface area is 124 Å². The quantitative estimate of drug-likeness (QED) is 0.796. The Hall–Kier alpha value is -1.98. The molecule has 0 aliphatic carbocycles. The molecule has 5 heteroatoms. The van der Waals surface area contributed by atoms with E-state index in [2.05, 4.69) is 27.8 Å². The molecule has 0 saturated heterocycles. The summed E-state index contributed by atoms with van der Waals surface area (Å²) in [6.07, 6.45) is 3.62. The topological polar surface area (TPSA) is 42.0 Å². The smallest absolute Gasteiger partial charge is 0.261 e. The molecule has 3 heterocycles. The van der Waals surface area contributed by atoms with Crippen LogP contribution in [-0.2, 0) is 6.54 Å². The molecule has 0 fully saturated rings. The molecular formula is C15H12N2OS2. The summed E-state index contributed by atoms with van der Waals surface area (Å²) in [4.78, 5) is 16.8. The van der Waals surface area contributed by atoms with Crippen LogP contribution in [-0.4, -0.2) is 10.9 Å². The van der Waals surface area contributed by atoms with Crippen LogP contribution in [0.15, 0.2) is 52.8 Å². The van der Waals surface area contributed by atoms with Crippen LogP contribution in [0.2, 0.25) is 0 Å². The Morgan fingerprint density at radius 1 is 1.20 bits per heavy atom. The van der Waals surface area contributed by atoms with Gasteiger partial charge in [-0.3, -0.25) is 9.78 Å². The maximum atomic E-state index is 11.9. The predicted molar refractivity (Wildman–Crippen MR) is 83.0 cm³/mol. The lowest BCUT2D eigenvalue weighted by atomic mass is 10.1. The highest BCUT2D eigenvalue weighted by atomic mass is 32.1. The van der Waals surface area contributed by atoms with Gasteiger partial charge in [0.1, 0.15) is 0 Å². The Balaban J connectivity index is 1.69. The summed E-state index contributed by atoms with van der Waals surface area (Å²) < 4.78 is 0. The lowest BCUT2D eigenvalue weighted by Gasteiger charge is -2.05. The molecular weight excluding hydrogens is 288 g/mol. The number of carbonyl (C=O) groups excluding carboxylic acids is 1. The van der Waals surface area contributed by atoms with E-state index in [0.29, 0.717) is 6.54 Å². The summed E-state index contributed by atoms with van der Waals surface area (Å²) in [5.41, 5.74) is 3.24. The van der Waals surface area contributed by atoms with Crippen molar-refractivity contribution in [1.29, 1.82) is 0 Å². The first-order valence-electron chi connectivity index (χ1n) is 6.11. The molecule has 20 heavy (non-hydrogen) atoms. The van der Waals surface area contributed by atoms with Gasteiger partial charge in [-0.1, -0.05) is 6.07 Å². The van der Waals surface area contributed by atoms with Gasteiger partial charge in [-0.25, -0.2) is 0 Å². The number of thiophene rings is 2. The van der Waals surface area contributed by atoms with Crippen molar-refractivity contribution in [1.82, 2.24) is 10.3 Å². The van der Waals surface area contributed by atoms with Crippen molar-refractivity contribution < 1.29 is 4.79 Å². The third-order valence-electron chi connectivity index (χ3n) is 2.85. The molecule has 0 aliphatic heterocycles. The van der Waals surface area contributed by atoms with E-state index in [4.69, 9.17) is 0 Å². The third kappa shape index (κ3) is 2.95. The number of rotatable bonds is 4. The SMILES string of the molecule is O=C(NCc1cncc(-c2ccsc2)c1)c1cccs1. The minimum atomic E-state index is -0.0408. The number of aromatic nitrogens is 1. The van der Waals surface area contributed by atoms with Crippen LogP contribution in [0.5, 0.6) is 0 Å². The normalized spacial score (nSPS) is 10.4. The van der Waals surface area contributed by atoms with Crippen molar-refractivity contribution in [3.8, 4) is 11.1 Å². The summed E-state index contributed by atoms with van der Waals surface area (Å²) in [7, 11) is 0. The van der Waals surface area contributed by atoms with Gasteiger partial charge >= 0.3 is 0 Å². The summed E-state index contributed by atoms with van der Waals surface area (Å²) >= 11 is 3.10. The maximum absolute atomic E-state index is 11.9. The Morgan fingerprint density at radius 2 is 2.15 bits per heavy atom. The van der Waals surface area contributed by atoms with Crippen molar-refractivity contribution in [2.24, 2.45) is 0 Å². The maximum Gasteiger partial charge on any atom is 0.261 e. The number of pyridine rings is 1. The van der Waals surface area contributed by atoms with Crippen LogP contribution in [0.25, 0.3) is 11.1 Å². The summed E-state index contributed by atoms with van der Waals surface area (Å²) in [6, 6.07) is 7.82. The minimum Gasteiger partial charge on any atom is -0.347 e. The first-order chi connectivity index (χ1) is 9.83. The number of hydrogen-bond donors (Lipinski definition) is 1. The fourth-order valence-corrected chi connectivity index (χ4v) is 3.15. The fraction of sp³-hybridized carbons (Fsp3) is 0.0667. The van der Waals surface area contributed by atoms with Crippen LogP contribution >= 0.6 is 22.7 Å². The third-order valence-corrected chi connectivity index (χ3v) is 4.40. The molecule has 0 radical (unpaired) electrons. The van der Waals surface area contributed by atoms with E-state index < -0.39 is 0 Å². The van der Waals surface area contributed by atoms with Gasteiger partial charge in [0.25, 0.3) is 5.91 Å². The Bertz CT molecular complexity index is 691. The van der Waals surface area contributed by atoms with Gasteiger partial charge in [0, 0.05) is 24.5 Å². The lowest BCUT2D eigenvalue weighted by Crippen LogP contribution is -2.21. The van der Waals surface area contributed by atoms with Gasteiger partial charge in [-0.15, -0.1) is 11.3 Å². The molecule has 0 unspecified atom stereocenters. The highest BCUT2D eigenvalue weighted by Crippen LogP contribution is 2.21. The monoisotopic (exact) mass is 300 g/mol.